The van der Waals surface area contributed by atoms with E-state index >= 15 is 0 Å². The maximum absolute atomic E-state index is 10.2. The summed E-state index contributed by atoms with van der Waals surface area (Å²) in [4.78, 5) is 20.5. The summed E-state index contributed by atoms with van der Waals surface area (Å²) in [7, 11) is 0. The molecule has 82 valence electrons. The smallest absolute Gasteiger partial charge is 0.348 e. The first-order valence-electron chi connectivity index (χ1n) is 3.84. The number of nitrogens with zero attached hydrogens (tertiary/aromatic N) is 6. The average molecular weight is 222 g/mol. The predicted octanol–water partition coefficient (Wildman–Crippen LogP) is 0.801. The molecule has 1 aromatic heterocycles. The number of hydrogen-bond donors (Lipinski definition) is 2. The standard InChI is InChI=1S/C6H6N8O2/c7-5(15)13-11-3-1-2-4(10-9-3)12-14-6(8)16/h1-2H,(H2,7,15)(H2,8,16). The van der Waals surface area contributed by atoms with Crippen LogP contribution in [0.5, 0.6) is 0 Å². The van der Waals surface area contributed by atoms with Crippen LogP contribution in [0.25, 0.3) is 0 Å². The van der Waals surface area contributed by atoms with Gasteiger partial charge in [-0.3, -0.25) is 0 Å². The van der Waals surface area contributed by atoms with Crippen LogP contribution in [0.2, 0.25) is 0 Å². The number of nitrogens with two attached hydrogens (primary N) is 2. The number of azo groups is 2. The van der Waals surface area contributed by atoms with E-state index in [1.54, 1.807) is 0 Å². The molecule has 10 heteroatoms. The van der Waals surface area contributed by atoms with Crippen LogP contribution in [-0.4, -0.2) is 22.3 Å². The number of urea groups is 2. The number of primary amides is 2. The average Bonchev–Trinajstić information content (AvgIpc) is 2.25. The van der Waals surface area contributed by atoms with E-state index in [1.807, 2.05) is 0 Å². The van der Waals surface area contributed by atoms with Crippen LogP contribution in [0.4, 0.5) is 21.2 Å². The molecule has 0 spiro atoms. The second-order valence-electron chi connectivity index (χ2n) is 2.33. The summed E-state index contributed by atoms with van der Waals surface area (Å²) in [6.45, 7) is 0. The van der Waals surface area contributed by atoms with Gasteiger partial charge in [0.15, 0.2) is 11.6 Å². The molecule has 0 aliphatic heterocycles. The lowest BCUT2D eigenvalue weighted by Crippen LogP contribution is -2.02. The summed E-state index contributed by atoms with van der Waals surface area (Å²) in [5.74, 6) is 0.133. The molecule has 0 radical (unpaired) electrons. The highest BCUT2D eigenvalue weighted by Gasteiger charge is 1.96. The van der Waals surface area contributed by atoms with E-state index < -0.39 is 12.1 Å². The summed E-state index contributed by atoms with van der Waals surface area (Å²) >= 11 is 0. The summed E-state index contributed by atoms with van der Waals surface area (Å²) in [5.41, 5.74) is 9.44. The highest BCUT2D eigenvalue weighted by molar-refractivity contribution is 5.72. The Hall–Kier alpha value is -2.78. The Balaban J connectivity index is 2.75. The Morgan fingerprint density at radius 2 is 1.31 bits per heavy atom. The van der Waals surface area contributed by atoms with Crippen molar-refractivity contribution in [3.8, 4) is 0 Å². The van der Waals surface area contributed by atoms with Crippen LogP contribution >= 0.6 is 0 Å². The lowest BCUT2D eigenvalue weighted by molar-refractivity contribution is 0.254. The van der Waals surface area contributed by atoms with Crippen LogP contribution in [0, 0.1) is 0 Å². The van der Waals surface area contributed by atoms with E-state index in [1.165, 1.54) is 12.1 Å². The van der Waals surface area contributed by atoms with Gasteiger partial charge in [0.25, 0.3) is 0 Å². The Morgan fingerprint density at radius 1 is 0.938 bits per heavy atom. The van der Waals surface area contributed by atoms with E-state index in [4.69, 9.17) is 11.5 Å². The van der Waals surface area contributed by atoms with Crippen LogP contribution in [0.1, 0.15) is 0 Å². The maximum Gasteiger partial charge on any atom is 0.357 e. The van der Waals surface area contributed by atoms with Gasteiger partial charge in [0, 0.05) is 0 Å². The first-order chi connectivity index (χ1) is 7.58. The third-order valence-electron chi connectivity index (χ3n) is 1.14. The molecule has 0 aromatic carbocycles. The number of amides is 4. The summed E-state index contributed by atoms with van der Waals surface area (Å²) in [6.07, 6.45) is 0. The minimum Gasteiger partial charge on any atom is -0.348 e. The lowest BCUT2D eigenvalue weighted by Gasteiger charge is -1.90. The van der Waals surface area contributed by atoms with Gasteiger partial charge in [0.05, 0.1) is 0 Å². The molecule has 10 nitrogen and oxygen atoms in total. The molecule has 0 saturated carbocycles. The molecule has 0 bridgehead atoms. The fourth-order valence-electron chi connectivity index (χ4n) is 0.626. The zero-order valence-electron chi connectivity index (χ0n) is 7.81. The Morgan fingerprint density at radius 3 is 1.56 bits per heavy atom. The van der Waals surface area contributed by atoms with Crippen LogP contribution in [0.15, 0.2) is 32.6 Å². The van der Waals surface area contributed by atoms with Gasteiger partial charge in [-0.15, -0.1) is 20.4 Å². The lowest BCUT2D eigenvalue weighted by atomic mass is 10.5. The van der Waals surface area contributed by atoms with Gasteiger partial charge in [-0.05, 0) is 12.1 Å². The fourth-order valence-corrected chi connectivity index (χ4v) is 0.626. The second kappa shape index (κ2) is 5.19. The van der Waals surface area contributed by atoms with E-state index in [-0.39, 0.29) is 11.6 Å². The molecule has 0 atom stereocenters. The zero-order valence-corrected chi connectivity index (χ0v) is 7.81. The Kier molecular flexibility index (Phi) is 3.66. The van der Waals surface area contributed by atoms with Crippen LogP contribution in [0.3, 0.4) is 0 Å². The normalized spacial score (nSPS) is 11.0. The van der Waals surface area contributed by atoms with Crippen molar-refractivity contribution < 1.29 is 9.59 Å². The van der Waals surface area contributed by atoms with Gasteiger partial charge in [-0.25, -0.2) is 9.59 Å². The highest BCUT2D eigenvalue weighted by Crippen LogP contribution is 2.11. The number of carbonyl (C=O) groups is 2. The second-order valence-corrected chi connectivity index (χ2v) is 2.33. The van der Waals surface area contributed by atoms with E-state index in [9.17, 15) is 9.59 Å². The number of carbonyl (C=O) groups excluding carboxylic acids is 2. The van der Waals surface area contributed by atoms with Gasteiger partial charge in [0.1, 0.15) is 0 Å². The summed E-state index contributed by atoms with van der Waals surface area (Å²) in [6, 6.07) is 0.822. The largest absolute Gasteiger partial charge is 0.357 e. The van der Waals surface area contributed by atoms with E-state index in [0.29, 0.717) is 0 Å². The number of aromatic nitrogens is 2. The quantitative estimate of drug-likeness (QED) is 0.707. The molecule has 1 aromatic rings. The van der Waals surface area contributed by atoms with Crippen molar-refractivity contribution in [2.75, 3.05) is 0 Å². The van der Waals surface area contributed by atoms with Gasteiger partial charge in [-0.2, -0.15) is 0 Å². The minimum absolute atomic E-state index is 0.0665. The van der Waals surface area contributed by atoms with Crippen molar-refractivity contribution in [2.24, 2.45) is 31.9 Å². The molecular formula is C6H6N8O2. The number of rotatable bonds is 2. The summed E-state index contributed by atoms with van der Waals surface area (Å²) in [5, 5.41) is 19.8. The Bertz CT molecular complexity index is 407. The van der Waals surface area contributed by atoms with Crippen molar-refractivity contribution in [3.63, 3.8) is 0 Å². The fraction of sp³-hybridized carbons (Fsp3) is 0. The highest BCUT2D eigenvalue weighted by atomic mass is 16.2. The van der Waals surface area contributed by atoms with Crippen molar-refractivity contribution in [2.45, 2.75) is 0 Å². The molecule has 0 saturated heterocycles. The zero-order chi connectivity index (χ0) is 12.0. The SMILES string of the molecule is NC(=O)N=Nc1ccc(N=NC(N)=O)nn1. The van der Waals surface area contributed by atoms with Crippen molar-refractivity contribution in [1.82, 2.24) is 10.2 Å². The van der Waals surface area contributed by atoms with Gasteiger partial charge in [0.2, 0.25) is 0 Å². The molecule has 0 aliphatic rings. The van der Waals surface area contributed by atoms with E-state index in [0.717, 1.165) is 0 Å². The van der Waals surface area contributed by atoms with Gasteiger partial charge >= 0.3 is 12.1 Å². The predicted molar refractivity (Wildman–Crippen MR) is 50.2 cm³/mol. The first-order valence-corrected chi connectivity index (χ1v) is 3.84. The van der Waals surface area contributed by atoms with Crippen LogP contribution < -0.4 is 11.5 Å². The molecule has 1 heterocycles. The molecule has 0 unspecified atom stereocenters. The molecule has 0 fully saturated rings. The molecule has 1 rings (SSSR count). The number of hydrogen-bond acceptors (Lipinski definition) is 6. The molecule has 16 heavy (non-hydrogen) atoms. The third-order valence-corrected chi connectivity index (χ3v) is 1.14. The minimum atomic E-state index is -0.945. The van der Waals surface area contributed by atoms with Crippen LogP contribution in [-0.2, 0) is 0 Å². The Labute approximate surface area is 88.5 Å². The molecule has 4 N–H and O–H groups in total. The maximum atomic E-state index is 10.2. The third kappa shape index (κ3) is 3.95. The van der Waals surface area contributed by atoms with Gasteiger partial charge < -0.3 is 11.5 Å². The van der Waals surface area contributed by atoms with Crippen molar-refractivity contribution >= 4 is 23.7 Å². The van der Waals surface area contributed by atoms with Crippen molar-refractivity contribution in [1.29, 1.82) is 0 Å². The monoisotopic (exact) mass is 222 g/mol. The molecule has 4 amide bonds. The molecular weight excluding hydrogens is 216 g/mol. The first kappa shape index (κ1) is 11.3. The van der Waals surface area contributed by atoms with Gasteiger partial charge in [-0.1, -0.05) is 10.2 Å². The van der Waals surface area contributed by atoms with Crippen molar-refractivity contribution in [3.05, 3.63) is 12.1 Å². The molecule has 0 aliphatic carbocycles. The summed E-state index contributed by atoms with van der Waals surface area (Å²) < 4.78 is 0. The topological polar surface area (TPSA) is 161 Å². The van der Waals surface area contributed by atoms with E-state index in [2.05, 4.69) is 30.7 Å².